The Morgan fingerprint density at radius 2 is 1.71 bits per heavy atom. The van der Waals surface area contributed by atoms with Crippen molar-refractivity contribution in [3.8, 4) is 17.1 Å². The van der Waals surface area contributed by atoms with Gasteiger partial charge in [-0.25, -0.2) is 9.97 Å². The molecule has 0 unspecified atom stereocenters. The summed E-state index contributed by atoms with van der Waals surface area (Å²) in [6, 6.07) is 2.81. The highest BCUT2D eigenvalue weighted by Crippen LogP contribution is 2.33. The minimum atomic E-state index is 0.333. The highest BCUT2D eigenvalue weighted by Gasteiger charge is 2.19. The SMILES string of the molecule is CCc1cc(NC(C)C)ncc1-c1nc(CC)c(NC(CC)CC)nc1OC. The fourth-order valence-electron chi connectivity index (χ4n) is 3.20. The standard InChI is InChI=1S/C22H35N5O/c1-8-15-12-19(24-14(5)6)23-13-17(15)20-22(28-7)27-21(18(11-4)26-20)25-16(9-2)10-3/h12-14,16H,8-11H2,1-7H3,(H,23,24)(H,25,27). The van der Waals surface area contributed by atoms with E-state index in [-0.39, 0.29) is 0 Å². The molecule has 154 valence electrons. The third-order valence-electron chi connectivity index (χ3n) is 4.85. The van der Waals surface area contributed by atoms with Gasteiger partial charge in [0.2, 0.25) is 5.88 Å². The van der Waals surface area contributed by atoms with Gasteiger partial charge in [-0.3, -0.25) is 0 Å². The lowest BCUT2D eigenvalue weighted by atomic mass is 10.0. The molecule has 0 spiro atoms. The molecular weight excluding hydrogens is 350 g/mol. The van der Waals surface area contributed by atoms with Crippen LogP contribution in [0.2, 0.25) is 0 Å². The van der Waals surface area contributed by atoms with Crippen LogP contribution in [0.1, 0.15) is 65.6 Å². The van der Waals surface area contributed by atoms with Gasteiger partial charge in [-0.1, -0.05) is 27.7 Å². The van der Waals surface area contributed by atoms with Gasteiger partial charge < -0.3 is 15.4 Å². The van der Waals surface area contributed by atoms with Gasteiger partial charge in [-0.05, 0) is 51.2 Å². The first-order valence-electron chi connectivity index (χ1n) is 10.4. The predicted molar refractivity (Wildman–Crippen MR) is 117 cm³/mol. The average molecular weight is 386 g/mol. The molecule has 0 fully saturated rings. The van der Waals surface area contributed by atoms with Crippen molar-refractivity contribution in [3.05, 3.63) is 23.5 Å². The molecule has 0 aliphatic heterocycles. The number of aryl methyl sites for hydroxylation is 2. The van der Waals surface area contributed by atoms with Crippen LogP contribution < -0.4 is 15.4 Å². The number of pyridine rings is 1. The van der Waals surface area contributed by atoms with E-state index in [0.717, 1.165) is 54.3 Å². The van der Waals surface area contributed by atoms with Crippen LogP contribution in [0.25, 0.3) is 11.3 Å². The Hall–Kier alpha value is -2.37. The van der Waals surface area contributed by atoms with E-state index < -0.39 is 0 Å². The highest BCUT2D eigenvalue weighted by atomic mass is 16.5. The number of nitrogens with zero attached hydrogens (tertiary/aromatic N) is 3. The number of hydrogen-bond acceptors (Lipinski definition) is 6. The lowest BCUT2D eigenvalue weighted by Crippen LogP contribution is -2.20. The number of rotatable bonds is 10. The molecule has 0 radical (unpaired) electrons. The summed E-state index contributed by atoms with van der Waals surface area (Å²) < 4.78 is 5.63. The average Bonchev–Trinajstić information content (AvgIpc) is 2.70. The van der Waals surface area contributed by atoms with Gasteiger partial charge in [-0.15, -0.1) is 0 Å². The van der Waals surface area contributed by atoms with Crippen molar-refractivity contribution in [3.63, 3.8) is 0 Å². The van der Waals surface area contributed by atoms with E-state index in [1.807, 2.05) is 6.20 Å². The monoisotopic (exact) mass is 385 g/mol. The maximum atomic E-state index is 5.63. The van der Waals surface area contributed by atoms with Crippen molar-refractivity contribution < 1.29 is 4.74 Å². The number of ether oxygens (including phenoxy) is 1. The maximum absolute atomic E-state index is 5.63. The summed E-state index contributed by atoms with van der Waals surface area (Å²) in [7, 11) is 1.65. The highest BCUT2D eigenvalue weighted by molar-refractivity contribution is 5.70. The van der Waals surface area contributed by atoms with Crippen molar-refractivity contribution in [2.24, 2.45) is 0 Å². The predicted octanol–water partition coefficient (Wildman–Crippen LogP) is 5.09. The van der Waals surface area contributed by atoms with Crippen LogP contribution in [0.3, 0.4) is 0 Å². The molecule has 0 aliphatic rings. The summed E-state index contributed by atoms with van der Waals surface area (Å²) >= 11 is 0. The normalized spacial score (nSPS) is 11.2. The van der Waals surface area contributed by atoms with Gasteiger partial charge >= 0.3 is 0 Å². The summed E-state index contributed by atoms with van der Waals surface area (Å²) in [5.41, 5.74) is 3.86. The summed E-state index contributed by atoms with van der Waals surface area (Å²) in [6.45, 7) is 12.8. The van der Waals surface area contributed by atoms with E-state index in [1.165, 1.54) is 5.56 Å². The molecule has 6 nitrogen and oxygen atoms in total. The van der Waals surface area contributed by atoms with Crippen molar-refractivity contribution in [2.75, 3.05) is 17.7 Å². The molecule has 6 heteroatoms. The van der Waals surface area contributed by atoms with Crippen LogP contribution >= 0.6 is 0 Å². The number of nitrogens with one attached hydrogen (secondary N) is 2. The zero-order chi connectivity index (χ0) is 20.7. The molecule has 2 aromatic heterocycles. The Morgan fingerprint density at radius 1 is 1.00 bits per heavy atom. The minimum Gasteiger partial charge on any atom is -0.479 e. The van der Waals surface area contributed by atoms with Crippen LogP contribution in [0, 0.1) is 0 Å². The quantitative estimate of drug-likeness (QED) is 0.593. The molecular formula is C22H35N5O. The van der Waals surface area contributed by atoms with E-state index >= 15 is 0 Å². The Morgan fingerprint density at radius 3 is 2.25 bits per heavy atom. The van der Waals surface area contributed by atoms with Gasteiger partial charge in [0.25, 0.3) is 0 Å². The Bertz CT molecular complexity index is 772. The third kappa shape index (κ3) is 5.12. The number of aromatic nitrogens is 3. The first-order chi connectivity index (χ1) is 13.5. The van der Waals surface area contributed by atoms with Crippen molar-refractivity contribution in [2.45, 2.75) is 79.3 Å². The molecule has 0 atom stereocenters. The summed E-state index contributed by atoms with van der Waals surface area (Å²) in [5.74, 6) is 2.23. The number of anilines is 2. The molecule has 0 bridgehead atoms. The number of methoxy groups -OCH3 is 1. The molecule has 0 amide bonds. The third-order valence-corrected chi connectivity index (χ3v) is 4.85. The molecule has 0 aliphatic carbocycles. The van der Waals surface area contributed by atoms with Gasteiger partial charge in [0.15, 0.2) is 5.82 Å². The maximum Gasteiger partial charge on any atom is 0.242 e. The Kier molecular flexibility index (Phi) is 8.03. The fourth-order valence-corrected chi connectivity index (χ4v) is 3.20. The van der Waals surface area contributed by atoms with Gasteiger partial charge in [0.05, 0.1) is 12.8 Å². The summed E-state index contributed by atoms with van der Waals surface area (Å²) in [6.07, 6.45) is 5.64. The zero-order valence-corrected chi connectivity index (χ0v) is 18.4. The second kappa shape index (κ2) is 10.2. The van der Waals surface area contributed by atoms with E-state index in [9.17, 15) is 0 Å². The zero-order valence-electron chi connectivity index (χ0n) is 18.4. The van der Waals surface area contributed by atoms with E-state index in [1.54, 1.807) is 7.11 Å². The molecule has 2 heterocycles. The second-order valence-corrected chi connectivity index (χ2v) is 7.27. The first-order valence-corrected chi connectivity index (χ1v) is 10.4. The molecule has 2 rings (SSSR count). The Labute approximate surface area is 169 Å². The van der Waals surface area contributed by atoms with Gasteiger partial charge in [0.1, 0.15) is 11.5 Å². The van der Waals surface area contributed by atoms with Crippen molar-refractivity contribution in [1.29, 1.82) is 0 Å². The smallest absolute Gasteiger partial charge is 0.242 e. The largest absolute Gasteiger partial charge is 0.479 e. The number of hydrogen-bond donors (Lipinski definition) is 2. The molecule has 2 aromatic rings. The molecule has 28 heavy (non-hydrogen) atoms. The van der Waals surface area contributed by atoms with Gasteiger partial charge in [0, 0.05) is 23.8 Å². The van der Waals surface area contributed by atoms with Crippen molar-refractivity contribution >= 4 is 11.6 Å². The fraction of sp³-hybridized carbons (Fsp3) is 0.591. The minimum absolute atomic E-state index is 0.333. The van der Waals surface area contributed by atoms with Crippen LogP contribution in [0.4, 0.5) is 11.6 Å². The van der Waals surface area contributed by atoms with Gasteiger partial charge in [-0.2, -0.15) is 4.98 Å². The van der Waals surface area contributed by atoms with Crippen molar-refractivity contribution in [1.82, 2.24) is 15.0 Å². The molecule has 0 saturated heterocycles. The van der Waals surface area contributed by atoms with E-state index in [0.29, 0.717) is 18.0 Å². The van der Waals surface area contributed by atoms with Crippen LogP contribution in [0.5, 0.6) is 5.88 Å². The lowest BCUT2D eigenvalue weighted by Gasteiger charge is -2.20. The lowest BCUT2D eigenvalue weighted by molar-refractivity contribution is 0.397. The molecule has 0 saturated carbocycles. The topological polar surface area (TPSA) is 72.0 Å². The summed E-state index contributed by atoms with van der Waals surface area (Å²) in [4.78, 5) is 14.3. The van der Waals surface area contributed by atoms with Crippen LogP contribution in [0.15, 0.2) is 12.3 Å². The van der Waals surface area contributed by atoms with E-state index in [2.05, 4.69) is 63.2 Å². The second-order valence-electron chi connectivity index (χ2n) is 7.27. The molecule has 2 N–H and O–H groups in total. The summed E-state index contributed by atoms with van der Waals surface area (Å²) in [5, 5.41) is 6.90. The Balaban J connectivity index is 2.53. The first kappa shape index (κ1) is 21.9. The van der Waals surface area contributed by atoms with E-state index in [4.69, 9.17) is 14.7 Å². The van der Waals surface area contributed by atoms with Crippen LogP contribution in [-0.2, 0) is 12.8 Å². The van der Waals surface area contributed by atoms with Crippen LogP contribution in [-0.4, -0.2) is 34.1 Å². The molecule has 0 aromatic carbocycles.